The second kappa shape index (κ2) is 7.42. The summed E-state index contributed by atoms with van der Waals surface area (Å²) >= 11 is 0. The summed E-state index contributed by atoms with van der Waals surface area (Å²) in [4.78, 5) is 14.0. The van der Waals surface area contributed by atoms with Gasteiger partial charge in [0.25, 0.3) is 0 Å². The van der Waals surface area contributed by atoms with Crippen molar-refractivity contribution < 1.29 is 18.0 Å². The Kier molecular flexibility index (Phi) is 5.54. The molecule has 1 aromatic carbocycles. The van der Waals surface area contributed by atoms with Gasteiger partial charge in [-0.15, -0.1) is 0 Å². The number of anilines is 1. The summed E-state index contributed by atoms with van der Waals surface area (Å²) < 4.78 is 40.2. The number of hydrogen-bond donors (Lipinski definition) is 1. The summed E-state index contributed by atoms with van der Waals surface area (Å²) in [5, 5.41) is 2.55. The third kappa shape index (κ3) is 4.53. The lowest BCUT2D eigenvalue weighted by Crippen LogP contribution is -2.35. The molecule has 0 aliphatic rings. The number of carbonyl (C=O) groups excluding carboxylic acids is 1. The van der Waals surface area contributed by atoms with Crippen LogP contribution in [0.4, 0.5) is 23.7 Å². The van der Waals surface area contributed by atoms with E-state index in [1.54, 1.807) is 4.90 Å². The molecule has 0 radical (unpaired) electrons. The zero-order valence-electron chi connectivity index (χ0n) is 13.6. The maximum atomic E-state index is 12.8. The lowest BCUT2D eigenvalue weighted by molar-refractivity contribution is -0.137. The average Bonchev–Trinajstić information content (AvgIpc) is 2.91. The molecule has 0 bridgehead atoms. The molecular weight excluding hydrogens is 319 g/mol. The first-order valence-corrected chi connectivity index (χ1v) is 7.64. The number of benzene rings is 1. The van der Waals surface area contributed by atoms with Gasteiger partial charge in [0.2, 0.25) is 0 Å². The Balaban J connectivity index is 2.12. The van der Waals surface area contributed by atoms with Crippen molar-refractivity contribution in [2.45, 2.75) is 26.1 Å². The number of urea groups is 1. The summed E-state index contributed by atoms with van der Waals surface area (Å²) in [6.45, 7) is 2.84. The Morgan fingerprint density at radius 3 is 2.58 bits per heavy atom. The number of aromatic nitrogens is 1. The zero-order chi connectivity index (χ0) is 17.7. The van der Waals surface area contributed by atoms with Gasteiger partial charge in [-0.05, 0) is 36.8 Å². The van der Waals surface area contributed by atoms with Crippen molar-refractivity contribution in [3.63, 3.8) is 0 Å². The smallest absolute Gasteiger partial charge is 0.353 e. The van der Waals surface area contributed by atoms with Gasteiger partial charge in [-0.2, -0.15) is 13.2 Å². The molecule has 24 heavy (non-hydrogen) atoms. The van der Waals surface area contributed by atoms with Gasteiger partial charge >= 0.3 is 12.2 Å². The van der Waals surface area contributed by atoms with Crippen molar-refractivity contribution in [1.29, 1.82) is 0 Å². The zero-order valence-corrected chi connectivity index (χ0v) is 13.6. The molecule has 0 atom stereocenters. The van der Waals surface area contributed by atoms with Crippen LogP contribution in [0.1, 0.15) is 24.6 Å². The molecule has 0 saturated heterocycles. The van der Waals surface area contributed by atoms with E-state index in [1.165, 1.54) is 12.1 Å². The van der Waals surface area contributed by atoms with Gasteiger partial charge in [-0.3, -0.25) is 0 Å². The van der Waals surface area contributed by atoms with Crippen LogP contribution in [0.2, 0.25) is 0 Å². The average molecular weight is 339 g/mol. The number of hydrogen-bond acceptors (Lipinski definition) is 1. The van der Waals surface area contributed by atoms with Gasteiger partial charge in [-0.25, -0.2) is 4.79 Å². The van der Waals surface area contributed by atoms with Gasteiger partial charge in [0.1, 0.15) is 0 Å². The van der Waals surface area contributed by atoms with Crippen molar-refractivity contribution >= 4 is 11.7 Å². The SMILES string of the molecule is CCCN(Cc1cccn1C)C(=O)Nc1cccc(C(F)(F)F)c1. The van der Waals surface area contributed by atoms with Crippen molar-refractivity contribution in [2.75, 3.05) is 11.9 Å². The largest absolute Gasteiger partial charge is 0.416 e. The molecule has 4 nitrogen and oxygen atoms in total. The molecule has 0 fully saturated rings. The monoisotopic (exact) mass is 339 g/mol. The van der Waals surface area contributed by atoms with E-state index in [2.05, 4.69) is 5.32 Å². The van der Waals surface area contributed by atoms with Gasteiger partial charge in [0, 0.05) is 31.2 Å². The molecule has 0 unspecified atom stereocenters. The molecule has 2 aromatic rings. The van der Waals surface area contributed by atoms with Gasteiger partial charge in [-0.1, -0.05) is 13.0 Å². The van der Waals surface area contributed by atoms with E-state index < -0.39 is 17.8 Å². The van der Waals surface area contributed by atoms with E-state index in [9.17, 15) is 18.0 Å². The molecule has 1 heterocycles. The van der Waals surface area contributed by atoms with Crippen LogP contribution in [0.5, 0.6) is 0 Å². The Bertz CT molecular complexity index is 694. The van der Waals surface area contributed by atoms with E-state index in [0.29, 0.717) is 13.1 Å². The van der Waals surface area contributed by atoms with Crippen molar-refractivity contribution in [1.82, 2.24) is 9.47 Å². The highest BCUT2D eigenvalue weighted by molar-refractivity contribution is 5.89. The standard InChI is InChI=1S/C17H20F3N3O/c1-3-9-23(12-15-8-5-10-22(15)2)16(24)21-14-7-4-6-13(11-14)17(18,19)20/h4-8,10-11H,3,9,12H2,1-2H3,(H,21,24). The normalized spacial score (nSPS) is 11.4. The molecule has 130 valence electrons. The quantitative estimate of drug-likeness (QED) is 0.856. The highest BCUT2D eigenvalue weighted by Gasteiger charge is 2.30. The second-order valence-corrected chi connectivity index (χ2v) is 5.54. The Morgan fingerprint density at radius 1 is 1.25 bits per heavy atom. The van der Waals surface area contributed by atoms with E-state index in [0.717, 1.165) is 24.2 Å². The fourth-order valence-electron chi connectivity index (χ4n) is 2.35. The van der Waals surface area contributed by atoms with Crippen molar-refractivity contribution in [3.8, 4) is 0 Å². The molecule has 0 spiro atoms. The number of rotatable bonds is 5. The predicted octanol–water partition coefficient (Wildman–Crippen LogP) is 4.49. The summed E-state index contributed by atoms with van der Waals surface area (Å²) in [6.07, 6.45) is -1.81. The first-order chi connectivity index (χ1) is 11.3. The lowest BCUT2D eigenvalue weighted by Gasteiger charge is -2.23. The van der Waals surface area contributed by atoms with Crippen LogP contribution in [-0.2, 0) is 19.8 Å². The number of amides is 2. The van der Waals surface area contributed by atoms with Crippen molar-refractivity contribution in [2.24, 2.45) is 7.05 Å². The number of nitrogens with zero attached hydrogens (tertiary/aromatic N) is 2. The first kappa shape index (κ1) is 17.9. The Hall–Kier alpha value is -2.44. The molecule has 2 amide bonds. The van der Waals surface area contributed by atoms with Gasteiger partial charge < -0.3 is 14.8 Å². The van der Waals surface area contributed by atoms with Gasteiger partial charge in [0.15, 0.2) is 0 Å². The number of carbonyl (C=O) groups is 1. The molecular formula is C17H20F3N3O. The van der Waals surface area contributed by atoms with Crippen LogP contribution in [0.3, 0.4) is 0 Å². The molecule has 1 aromatic heterocycles. The maximum absolute atomic E-state index is 12.8. The van der Waals surface area contributed by atoms with Crippen LogP contribution < -0.4 is 5.32 Å². The highest BCUT2D eigenvalue weighted by atomic mass is 19.4. The maximum Gasteiger partial charge on any atom is 0.416 e. The summed E-state index contributed by atoms with van der Waals surface area (Å²) in [5.41, 5.74) is 0.287. The molecule has 0 saturated carbocycles. The molecule has 1 N–H and O–H groups in total. The summed E-state index contributed by atoms with van der Waals surface area (Å²) in [6, 6.07) is 8.00. The summed E-state index contributed by atoms with van der Waals surface area (Å²) in [5.74, 6) is 0. The van der Waals surface area contributed by atoms with Crippen LogP contribution >= 0.6 is 0 Å². The first-order valence-electron chi connectivity index (χ1n) is 7.64. The van der Waals surface area contributed by atoms with Crippen LogP contribution in [-0.4, -0.2) is 22.0 Å². The third-order valence-electron chi connectivity index (χ3n) is 3.63. The fraction of sp³-hybridized carbons (Fsp3) is 0.353. The van der Waals surface area contributed by atoms with E-state index in [1.807, 2.05) is 36.9 Å². The number of alkyl halides is 3. The number of aryl methyl sites for hydroxylation is 1. The Labute approximate surface area is 138 Å². The topological polar surface area (TPSA) is 37.3 Å². The van der Waals surface area contributed by atoms with Crippen LogP contribution in [0, 0.1) is 0 Å². The predicted molar refractivity (Wildman–Crippen MR) is 86.6 cm³/mol. The van der Waals surface area contributed by atoms with Crippen molar-refractivity contribution in [3.05, 3.63) is 53.9 Å². The molecule has 0 aliphatic heterocycles. The number of halogens is 3. The van der Waals surface area contributed by atoms with E-state index >= 15 is 0 Å². The molecule has 2 rings (SSSR count). The van der Waals surface area contributed by atoms with Crippen LogP contribution in [0.15, 0.2) is 42.6 Å². The second-order valence-electron chi connectivity index (χ2n) is 5.54. The molecule has 7 heteroatoms. The number of nitrogens with one attached hydrogen (secondary N) is 1. The Morgan fingerprint density at radius 2 is 2.00 bits per heavy atom. The van der Waals surface area contributed by atoms with E-state index in [4.69, 9.17) is 0 Å². The highest BCUT2D eigenvalue weighted by Crippen LogP contribution is 2.30. The van der Waals surface area contributed by atoms with Gasteiger partial charge in [0.05, 0.1) is 12.1 Å². The minimum Gasteiger partial charge on any atom is -0.353 e. The third-order valence-corrected chi connectivity index (χ3v) is 3.63. The van der Waals surface area contributed by atoms with E-state index in [-0.39, 0.29) is 5.69 Å². The minimum absolute atomic E-state index is 0.128. The lowest BCUT2D eigenvalue weighted by atomic mass is 10.2. The minimum atomic E-state index is -4.44. The van der Waals surface area contributed by atoms with Crippen LogP contribution in [0.25, 0.3) is 0 Å². The fourth-order valence-corrected chi connectivity index (χ4v) is 2.35. The molecule has 0 aliphatic carbocycles. The summed E-state index contributed by atoms with van der Waals surface area (Å²) in [7, 11) is 1.88.